The highest BCUT2D eigenvalue weighted by Crippen LogP contribution is 1.86. The molecular weight excluding hydrogens is 210 g/mol. The van der Waals surface area contributed by atoms with Crippen LogP contribution in [0.4, 0.5) is 0 Å². The van der Waals surface area contributed by atoms with Crippen molar-refractivity contribution in [1.82, 2.24) is 0 Å². The van der Waals surface area contributed by atoms with Crippen molar-refractivity contribution in [3.05, 3.63) is 10.4 Å². The molecule has 0 rings (SSSR count). The van der Waals surface area contributed by atoms with Crippen LogP contribution in [0.3, 0.4) is 0 Å². The zero-order valence-electron chi connectivity index (χ0n) is 9.93. The molecule has 0 atom stereocenters. The van der Waals surface area contributed by atoms with E-state index < -0.39 is 0 Å². The minimum absolute atomic E-state index is 0.488. The van der Waals surface area contributed by atoms with Crippen molar-refractivity contribution in [3.63, 3.8) is 0 Å². The topological polar surface area (TPSA) is 76.5 Å². The second-order valence-electron chi connectivity index (χ2n) is 3.15. The molecule has 0 bridgehead atoms. The summed E-state index contributed by atoms with van der Waals surface area (Å²) >= 11 is 0. The second kappa shape index (κ2) is 14.2. The molecule has 0 N–H and O–H groups in total. The SMILES string of the molecule is CCCOCCOCCOCCCN=[N+]=[N-]. The van der Waals surface area contributed by atoms with Gasteiger partial charge in [0.15, 0.2) is 0 Å². The van der Waals surface area contributed by atoms with E-state index in [0.717, 1.165) is 19.4 Å². The average molecular weight is 231 g/mol. The van der Waals surface area contributed by atoms with Gasteiger partial charge in [-0.05, 0) is 18.4 Å². The summed E-state index contributed by atoms with van der Waals surface area (Å²) in [5, 5.41) is 3.40. The Labute approximate surface area is 96.5 Å². The number of azide groups is 1. The van der Waals surface area contributed by atoms with E-state index in [1.165, 1.54) is 0 Å². The first kappa shape index (κ1) is 15.2. The molecule has 0 aromatic carbocycles. The molecule has 0 aromatic heterocycles. The number of hydrogen-bond acceptors (Lipinski definition) is 4. The van der Waals surface area contributed by atoms with Crippen molar-refractivity contribution >= 4 is 0 Å². The molecule has 0 aliphatic heterocycles. The predicted molar refractivity (Wildman–Crippen MR) is 61.4 cm³/mol. The van der Waals surface area contributed by atoms with Crippen LogP contribution in [0.15, 0.2) is 5.11 Å². The fourth-order valence-corrected chi connectivity index (χ4v) is 0.968. The van der Waals surface area contributed by atoms with Gasteiger partial charge in [-0.2, -0.15) is 0 Å². The van der Waals surface area contributed by atoms with E-state index in [4.69, 9.17) is 19.7 Å². The Morgan fingerprint density at radius 1 is 0.938 bits per heavy atom. The van der Waals surface area contributed by atoms with Crippen LogP contribution in [0.5, 0.6) is 0 Å². The molecule has 6 heteroatoms. The molecule has 0 unspecified atom stereocenters. The summed E-state index contributed by atoms with van der Waals surface area (Å²) in [6.07, 6.45) is 1.79. The van der Waals surface area contributed by atoms with Crippen LogP contribution in [0.1, 0.15) is 19.8 Å². The zero-order valence-corrected chi connectivity index (χ0v) is 9.93. The summed E-state index contributed by atoms with van der Waals surface area (Å²) in [6.45, 7) is 6.37. The van der Waals surface area contributed by atoms with Gasteiger partial charge in [0.05, 0.1) is 26.4 Å². The Hall–Kier alpha value is -0.810. The van der Waals surface area contributed by atoms with Crippen molar-refractivity contribution in [2.75, 3.05) is 46.2 Å². The van der Waals surface area contributed by atoms with E-state index in [1.54, 1.807) is 0 Å². The zero-order chi connectivity index (χ0) is 11.9. The Bertz CT molecular complexity index is 184. The maximum Gasteiger partial charge on any atom is 0.0701 e. The normalized spacial score (nSPS) is 10.1. The maximum absolute atomic E-state index is 8.01. The van der Waals surface area contributed by atoms with Crippen LogP contribution in [-0.2, 0) is 14.2 Å². The van der Waals surface area contributed by atoms with Gasteiger partial charge in [-0.1, -0.05) is 12.0 Å². The van der Waals surface area contributed by atoms with Crippen LogP contribution in [0.2, 0.25) is 0 Å². The lowest BCUT2D eigenvalue weighted by atomic mass is 10.5. The van der Waals surface area contributed by atoms with E-state index in [-0.39, 0.29) is 0 Å². The smallest absolute Gasteiger partial charge is 0.0701 e. The highest BCUT2D eigenvalue weighted by molar-refractivity contribution is 4.45. The van der Waals surface area contributed by atoms with Crippen LogP contribution in [0, 0.1) is 0 Å². The van der Waals surface area contributed by atoms with E-state index in [1.807, 2.05) is 0 Å². The van der Waals surface area contributed by atoms with Crippen molar-refractivity contribution in [2.24, 2.45) is 5.11 Å². The fraction of sp³-hybridized carbons (Fsp3) is 1.00. The molecule has 0 fully saturated rings. The van der Waals surface area contributed by atoms with E-state index in [2.05, 4.69) is 16.9 Å². The van der Waals surface area contributed by atoms with Gasteiger partial charge in [-0.15, -0.1) is 0 Å². The van der Waals surface area contributed by atoms with Gasteiger partial charge < -0.3 is 14.2 Å². The molecule has 0 radical (unpaired) electrons. The lowest BCUT2D eigenvalue weighted by molar-refractivity contribution is 0.0145. The molecular formula is C10H21N3O3. The standard InChI is InChI=1S/C10H21N3O3/c1-2-5-14-7-9-16-10-8-15-6-3-4-12-13-11/h2-10H2,1H3. The van der Waals surface area contributed by atoms with Crippen LogP contribution < -0.4 is 0 Å². The second-order valence-corrected chi connectivity index (χ2v) is 3.15. The summed E-state index contributed by atoms with van der Waals surface area (Å²) in [5.41, 5.74) is 8.01. The molecule has 0 saturated carbocycles. The Kier molecular flexibility index (Phi) is 13.5. The molecule has 0 aliphatic rings. The highest BCUT2D eigenvalue weighted by Gasteiger charge is 1.90. The van der Waals surface area contributed by atoms with E-state index >= 15 is 0 Å². The third-order valence-electron chi connectivity index (χ3n) is 1.70. The molecule has 94 valence electrons. The minimum atomic E-state index is 0.488. The average Bonchev–Trinajstić information content (AvgIpc) is 2.31. The number of ether oxygens (including phenoxy) is 3. The maximum atomic E-state index is 8.01. The largest absolute Gasteiger partial charge is 0.379 e. The summed E-state index contributed by atoms with van der Waals surface area (Å²) in [6, 6.07) is 0. The summed E-state index contributed by atoms with van der Waals surface area (Å²) < 4.78 is 15.8. The molecule has 0 amide bonds. The Morgan fingerprint density at radius 2 is 1.50 bits per heavy atom. The van der Waals surface area contributed by atoms with Crippen LogP contribution >= 0.6 is 0 Å². The highest BCUT2D eigenvalue weighted by atomic mass is 16.5. The molecule has 0 saturated heterocycles. The molecule has 6 nitrogen and oxygen atoms in total. The molecule has 0 aromatic rings. The van der Waals surface area contributed by atoms with Crippen molar-refractivity contribution < 1.29 is 14.2 Å². The quantitative estimate of drug-likeness (QED) is 0.223. The van der Waals surface area contributed by atoms with Crippen LogP contribution in [-0.4, -0.2) is 46.2 Å². The molecule has 0 heterocycles. The van der Waals surface area contributed by atoms with Crippen LogP contribution in [0.25, 0.3) is 10.4 Å². The lowest BCUT2D eigenvalue weighted by Crippen LogP contribution is -2.10. The third kappa shape index (κ3) is 13.2. The van der Waals surface area contributed by atoms with Gasteiger partial charge in [0.2, 0.25) is 0 Å². The van der Waals surface area contributed by atoms with Gasteiger partial charge in [0, 0.05) is 24.7 Å². The fourth-order valence-electron chi connectivity index (χ4n) is 0.968. The number of rotatable bonds is 12. The van der Waals surface area contributed by atoms with Gasteiger partial charge >= 0.3 is 0 Å². The molecule has 16 heavy (non-hydrogen) atoms. The number of nitrogens with zero attached hydrogens (tertiary/aromatic N) is 3. The van der Waals surface area contributed by atoms with Crippen molar-refractivity contribution in [2.45, 2.75) is 19.8 Å². The lowest BCUT2D eigenvalue weighted by Gasteiger charge is -2.05. The Morgan fingerprint density at radius 3 is 2.06 bits per heavy atom. The van der Waals surface area contributed by atoms with Gasteiger partial charge in [0.25, 0.3) is 0 Å². The molecule has 0 spiro atoms. The molecule has 0 aliphatic carbocycles. The predicted octanol–water partition coefficient (Wildman–Crippen LogP) is 2.15. The minimum Gasteiger partial charge on any atom is -0.379 e. The summed E-state index contributed by atoms with van der Waals surface area (Å²) in [4.78, 5) is 2.65. The van der Waals surface area contributed by atoms with Gasteiger partial charge in [-0.25, -0.2) is 0 Å². The van der Waals surface area contributed by atoms with E-state index in [0.29, 0.717) is 39.6 Å². The van der Waals surface area contributed by atoms with Crippen molar-refractivity contribution in [3.8, 4) is 0 Å². The van der Waals surface area contributed by atoms with Crippen molar-refractivity contribution in [1.29, 1.82) is 0 Å². The Balaban J connectivity index is 2.90. The number of hydrogen-bond donors (Lipinski definition) is 0. The first-order valence-corrected chi connectivity index (χ1v) is 5.66. The first-order valence-electron chi connectivity index (χ1n) is 5.66. The van der Waals surface area contributed by atoms with E-state index in [9.17, 15) is 0 Å². The first-order chi connectivity index (χ1) is 7.91. The van der Waals surface area contributed by atoms with Gasteiger partial charge in [-0.3, -0.25) is 0 Å². The monoisotopic (exact) mass is 231 g/mol. The summed E-state index contributed by atoms with van der Waals surface area (Å²) in [5.74, 6) is 0. The summed E-state index contributed by atoms with van der Waals surface area (Å²) in [7, 11) is 0. The van der Waals surface area contributed by atoms with Gasteiger partial charge in [0.1, 0.15) is 0 Å². The third-order valence-corrected chi connectivity index (χ3v) is 1.70.